The van der Waals surface area contributed by atoms with Gasteiger partial charge in [-0.1, -0.05) is 48.0 Å². The van der Waals surface area contributed by atoms with Crippen molar-refractivity contribution in [1.29, 1.82) is 0 Å². The molecule has 1 aliphatic carbocycles. The highest BCUT2D eigenvalue weighted by molar-refractivity contribution is 6.00. The quantitative estimate of drug-likeness (QED) is 0.772. The van der Waals surface area contributed by atoms with Crippen molar-refractivity contribution in [3.05, 3.63) is 77.0 Å². The van der Waals surface area contributed by atoms with Crippen molar-refractivity contribution in [1.82, 2.24) is 15.5 Å². The summed E-state index contributed by atoms with van der Waals surface area (Å²) in [6.45, 7) is 2.04. The molecule has 0 saturated heterocycles. The largest absolute Gasteiger partial charge is 0.345 e. The molecule has 24 heavy (non-hydrogen) atoms. The van der Waals surface area contributed by atoms with Crippen molar-refractivity contribution < 1.29 is 4.79 Å². The Bertz CT molecular complexity index is 897. The molecule has 3 aromatic rings. The number of H-pyrrole nitrogens is 1. The van der Waals surface area contributed by atoms with E-state index in [4.69, 9.17) is 0 Å². The average Bonchev–Trinajstić information content (AvgIpc) is 3.22. The van der Waals surface area contributed by atoms with Crippen LogP contribution in [0.3, 0.4) is 0 Å². The Morgan fingerprint density at radius 1 is 1.21 bits per heavy atom. The van der Waals surface area contributed by atoms with E-state index in [9.17, 15) is 4.79 Å². The fraction of sp³-hybridized carbons (Fsp3) is 0.200. The minimum Gasteiger partial charge on any atom is -0.345 e. The van der Waals surface area contributed by atoms with Crippen LogP contribution in [0.1, 0.15) is 39.5 Å². The number of amides is 1. The maximum absolute atomic E-state index is 12.8. The van der Waals surface area contributed by atoms with Crippen LogP contribution in [0.15, 0.2) is 54.7 Å². The Hall–Kier alpha value is -2.88. The van der Waals surface area contributed by atoms with Gasteiger partial charge < -0.3 is 5.32 Å². The number of aryl methyl sites for hydroxylation is 2. The summed E-state index contributed by atoms with van der Waals surface area (Å²) in [6, 6.07) is 16.5. The number of hydrogen-bond donors (Lipinski definition) is 2. The van der Waals surface area contributed by atoms with E-state index in [-0.39, 0.29) is 11.9 Å². The monoisotopic (exact) mass is 317 g/mol. The maximum atomic E-state index is 12.8. The van der Waals surface area contributed by atoms with Crippen LogP contribution >= 0.6 is 0 Å². The second-order valence-corrected chi connectivity index (χ2v) is 6.29. The third-order valence-corrected chi connectivity index (χ3v) is 4.63. The summed E-state index contributed by atoms with van der Waals surface area (Å²) in [6.07, 6.45) is 3.56. The van der Waals surface area contributed by atoms with Gasteiger partial charge >= 0.3 is 0 Å². The number of rotatable bonds is 3. The van der Waals surface area contributed by atoms with Gasteiger partial charge in [0, 0.05) is 5.56 Å². The zero-order valence-electron chi connectivity index (χ0n) is 13.5. The molecule has 0 radical (unpaired) electrons. The Kier molecular flexibility index (Phi) is 3.65. The van der Waals surface area contributed by atoms with Crippen molar-refractivity contribution in [2.75, 3.05) is 0 Å². The van der Waals surface area contributed by atoms with Crippen LogP contribution in [-0.4, -0.2) is 16.1 Å². The molecule has 4 rings (SSSR count). The number of aromatic nitrogens is 2. The van der Waals surface area contributed by atoms with Gasteiger partial charge in [-0.05, 0) is 37.0 Å². The number of nitrogens with one attached hydrogen (secondary N) is 2. The Labute approximate surface area is 140 Å². The molecule has 1 aliphatic rings. The standard InChI is InChI=1S/C20H19N3O/c1-13-5-4-7-15(11-13)19-17(12-21-23-19)20(24)22-18-10-9-14-6-2-3-8-16(14)18/h2-8,11-12,18H,9-10H2,1H3,(H,21,23)(H,22,24)/t18-/m0/s1. The van der Waals surface area contributed by atoms with Crippen molar-refractivity contribution in [3.8, 4) is 11.3 Å². The van der Waals surface area contributed by atoms with Crippen LogP contribution < -0.4 is 5.32 Å². The van der Waals surface area contributed by atoms with E-state index in [1.54, 1.807) is 6.20 Å². The molecule has 1 atom stereocenters. The number of nitrogens with zero attached hydrogens (tertiary/aromatic N) is 1. The Morgan fingerprint density at radius 2 is 2.08 bits per heavy atom. The first-order valence-corrected chi connectivity index (χ1v) is 8.21. The molecule has 0 saturated carbocycles. The molecule has 1 aromatic heterocycles. The number of benzene rings is 2. The maximum Gasteiger partial charge on any atom is 0.255 e. The molecule has 2 aromatic carbocycles. The second-order valence-electron chi connectivity index (χ2n) is 6.29. The molecule has 1 heterocycles. The lowest BCUT2D eigenvalue weighted by Gasteiger charge is -2.14. The highest BCUT2D eigenvalue weighted by atomic mass is 16.1. The number of aromatic amines is 1. The van der Waals surface area contributed by atoms with Crippen LogP contribution in [0.4, 0.5) is 0 Å². The number of carbonyl (C=O) groups excluding carboxylic acids is 1. The van der Waals surface area contributed by atoms with Gasteiger partial charge in [-0.15, -0.1) is 0 Å². The molecule has 0 bridgehead atoms. The second kappa shape index (κ2) is 5.96. The highest BCUT2D eigenvalue weighted by Crippen LogP contribution is 2.31. The van der Waals surface area contributed by atoms with Crippen LogP contribution in [0.25, 0.3) is 11.3 Å². The molecule has 2 N–H and O–H groups in total. The molecule has 0 spiro atoms. The van der Waals surface area contributed by atoms with Crippen LogP contribution in [-0.2, 0) is 6.42 Å². The molecule has 4 heteroatoms. The van der Waals surface area contributed by atoms with E-state index in [0.717, 1.165) is 29.7 Å². The van der Waals surface area contributed by atoms with Crippen LogP contribution in [0, 0.1) is 6.92 Å². The molecule has 4 nitrogen and oxygen atoms in total. The summed E-state index contributed by atoms with van der Waals surface area (Å²) in [7, 11) is 0. The van der Waals surface area contributed by atoms with Gasteiger partial charge in [0.2, 0.25) is 0 Å². The first kappa shape index (κ1) is 14.7. The fourth-order valence-electron chi connectivity index (χ4n) is 3.42. The van der Waals surface area contributed by atoms with Gasteiger partial charge in [0.1, 0.15) is 0 Å². The minimum atomic E-state index is -0.0815. The summed E-state index contributed by atoms with van der Waals surface area (Å²) < 4.78 is 0. The van der Waals surface area contributed by atoms with Gasteiger partial charge in [-0.25, -0.2) is 0 Å². The van der Waals surface area contributed by atoms with E-state index in [1.807, 2.05) is 31.2 Å². The van der Waals surface area contributed by atoms with E-state index in [1.165, 1.54) is 11.1 Å². The van der Waals surface area contributed by atoms with Gasteiger partial charge in [-0.3, -0.25) is 9.89 Å². The topological polar surface area (TPSA) is 57.8 Å². The van der Waals surface area contributed by atoms with E-state index < -0.39 is 0 Å². The number of fused-ring (bicyclic) bond motifs is 1. The van der Waals surface area contributed by atoms with Crippen molar-refractivity contribution in [2.45, 2.75) is 25.8 Å². The zero-order chi connectivity index (χ0) is 16.5. The van der Waals surface area contributed by atoms with Crippen molar-refractivity contribution in [2.24, 2.45) is 0 Å². The third-order valence-electron chi connectivity index (χ3n) is 4.63. The summed E-state index contributed by atoms with van der Waals surface area (Å²) in [4.78, 5) is 12.8. The minimum absolute atomic E-state index is 0.0777. The van der Waals surface area contributed by atoms with Crippen molar-refractivity contribution >= 4 is 5.91 Å². The van der Waals surface area contributed by atoms with Gasteiger partial charge in [0.25, 0.3) is 5.91 Å². The van der Waals surface area contributed by atoms with E-state index in [2.05, 4.69) is 39.8 Å². The van der Waals surface area contributed by atoms with E-state index >= 15 is 0 Å². The van der Waals surface area contributed by atoms with Gasteiger partial charge in [0.05, 0.1) is 23.5 Å². The average molecular weight is 317 g/mol. The first-order chi connectivity index (χ1) is 11.7. The molecule has 0 aliphatic heterocycles. The van der Waals surface area contributed by atoms with E-state index in [0.29, 0.717) is 5.56 Å². The Morgan fingerprint density at radius 3 is 2.96 bits per heavy atom. The summed E-state index contributed by atoms with van der Waals surface area (Å²) in [5, 5.41) is 10.2. The summed E-state index contributed by atoms with van der Waals surface area (Å²) in [5.41, 5.74) is 6.04. The lowest BCUT2D eigenvalue weighted by Crippen LogP contribution is -2.27. The molecule has 0 unspecified atom stereocenters. The lowest BCUT2D eigenvalue weighted by atomic mass is 10.0. The molecule has 120 valence electrons. The van der Waals surface area contributed by atoms with Gasteiger partial charge in [0.15, 0.2) is 0 Å². The smallest absolute Gasteiger partial charge is 0.255 e. The number of hydrogen-bond acceptors (Lipinski definition) is 2. The lowest BCUT2D eigenvalue weighted by molar-refractivity contribution is 0.0937. The predicted octanol–water partition coefficient (Wildman–Crippen LogP) is 3.80. The van der Waals surface area contributed by atoms with Crippen LogP contribution in [0.2, 0.25) is 0 Å². The van der Waals surface area contributed by atoms with Gasteiger partial charge in [-0.2, -0.15) is 5.10 Å². The first-order valence-electron chi connectivity index (χ1n) is 8.21. The molecule has 1 amide bonds. The van der Waals surface area contributed by atoms with Crippen LogP contribution in [0.5, 0.6) is 0 Å². The Balaban J connectivity index is 1.60. The SMILES string of the molecule is Cc1cccc(-c2[nH]ncc2C(=O)N[C@H]2CCc3ccccc32)c1. The number of carbonyl (C=O) groups is 1. The zero-order valence-corrected chi connectivity index (χ0v) is 13.5. The predicted molar refractivity (Wildman–Crippen MR) is 93.7 cm³/mol. The normalized spacial score (nSPS) is 16.0. The molecular weight excluding hydrogens is 298 g/mol. The third kappa shape index (κ3) is 2.60. The fourth-order valence-corrected chi connectivity index (χ4v) is 3.42. The van der Waals surface area contributed by atoms with Crippen molar-refractivity contribution in [3.63, 3.8) is 0 Å². The highest BCUT2D eigenvalue weighted by Gasteiger charge is 2.25. The summed E-state index contributed by atoms with van der Waals surface area (Å²) >= 11 is 0. The summed E-state index contributed by atoms with van der Waals surface area (Å²) in [5.74, 6) is -0.0815. The molecule has 0 fully saturated rings. The molecular formula is C20H19N3O.